The van der Waals surface area contributed by atoms with Gasteiger partial charge in [0, 0.05) is 0 Å². The number of hydrogen-bond donors (Lipinski definition) is 0. The lowest BCUT2D eigenvalue weighted by atomic mass is 9.81. The van der Waals surface area contributed by atoms with Crippen LogP contribution in [0.25, 0.3) is 0 Å². The standard InChI is InChI=1S/C13H22O2S/c1-5-6-7-8-9-13(4)10(14)12(2,3)11(15)16-13/h5-9H2,1-4H3. The molecule has 1 atom stereocenters. The zero-order valence-corrected chi connectivity index (χ0v) is 11.6. The lowest BCUT2D eigenvalue weighted by molar-refractivity contribution is -0.133. The van der Waals surface area contributed by atoms with Crippen LogP contribution in [0, 0.1) is 5.41 Å². The van der Waals surface area contributed by atoms with Crippen LogP contribution in [0.5, 0.6) is 0 Å². The highest BCUT2D eigenvalue weighted by molar-refractivity contribution is 8.16. The Balaban J connectivity index is 2.59. The first kappa shape index (κ1) is 13.8. The van der Waals surface area contributed by atoms with E-state index in [1.165, 1.54) is 24.6 Å². The van der Waals surface area contributed by atoms with Gasteiger partial charge in [-0.05, 0) is 27.2 Å². The molecule has 1 saturated heterocycles. The Bertz CT molecular complexity index is 296. The largest absolute Gasteiger partial charge is 0.297 e. The molecule has 92 valence electrons. The Kier molecular flexibility index (Phi) is 4.22. The van der Waals surface area contributed by atoms with Crippen molar-refractivity contribution >= 4 is 22.7 Å². The third kappa shape index (κ3) is 2.50. The van der Waals surface area contributed by atoms with Gasteiger partial charge in [-0.25, -0.2) is 0 Å². The van der Waals surface area contributed by atoms with Gasteiger partial charge in [-0.3, -0.25) is 9.59 Å². The molecule has 0 N–H and O–H groups in total. The zero-order chi connectivity index (χ0) is 12.4. The third-order valence-corrected chi connectivity index (χ3v) is 4.92. The van der Waals surface area contributed by atoms with Crippen molar-refractivity contribution in [3.8, 4) is 0 Å². The summed E-state index contributed by atoms with van der Waals surface area (Å²) in [5.41, 5.74) is -0.774. The molecule has 0 amide bonds. The summed E-state index contributed by atoms with van der Waals surface area (Å²) in [6.07, 6.45) is 5.46. The van der Waals surface area contributed by atoms with Crippen LogP contribution in [0.1, 0.15) is 59.8 Å². The molecule has 0 aromatic heterocycles. The lowest BCUT2D eigenvalue weighted by Gasteiger charge is -2.22. The molecule has 0 spiro atoms. The maximum absolute atomic E-state index is 12.2. The molecule has 0 aliphatic carbocycles. The molecule has 1 heterocycles. The van der Waals surface area contributed by atoms with Crippen LogP contribution in [0.3, 0.4) is 0 Å². The number of unbranched alkanes of at least 4 members (excludes halogenated alkanes) is 3. The molecule has 16 heavy (non-hydrogen) atoms. The minimum atomic E-state index is -0.774. The molecule has 0 aromatic rings. The first-order chi connectivity index (χ1) is 7.34. The highest BCUT2D eigenvalue weighted by Gasteiger charge is 2.55. The van der Waals surface area contributed by atoms with E-state index in [0.717, 1.165) is 19.3 Å². The second kappa shape index (κ2) is 4.91. The average Bonchev–Trinajstić information content (AvgIpc) is 2.36. The topological polar surface area (TPSA) is 34.1 Å². The summed E-state index contributed by atoms with van der Waals surface area (Å²) in [4.78, 5) is 23.9. The number of carbonyl (C=O) groups is 2. The van der Waals surface area contributed by atoms with Crippen LogP contribution in [0.4, 0.5) is 0 Å². The van der Waals surface area contributed by atoms with Gasteiger partial charge in [-0.15, -0.1) is 0 Å². The van der Waals surface area contributed by atoms with Crippen LogP contribution >= 0.6 is 11.8 Å². The molecule has 0 saturated carbocycles. The van der Waals surface area contributed by atoms with E-state index in [4.69, 9.17) is 0 Å². The summed E-state index contributed by atoms with van der Waals surface area (Å²) in [5.74, 6) is 0.117. The fourth-order valence-electron chi connectivity index (χ4n) is 2.19. The first-order valence-corrected chi connectivity index (χ1v) is 6.94. The number of ketones is 1. The molecular formula is C13H22O2S. The molecular weight excluding hydrogens is 220 g/mol. The Morgan fingerprint density at radius 1 is 1.06 bits per heavy atom. The molecule has 0 radical (unpaired) electrons. The van der Waals surface area contributed by atoms with Crippen LogP contribution in [0.2, 0.25) is 0 Å². The number of rotatable bonds is 5. The van der Waals surface area contributed by atoms with Gasteiger partial charge in [0.1, 0.15) is 0 Å². The van der Waals surface area contributed by atoms with Crippen molar-refractivity contribution in [3.05, 3.63) is 0 Å². The van der Waals surface area contributed by atoms with Gasteiger partial charge in [-0.2, -0.15) is 0 Å². The third-order valence-electron chi connectivity index (χ3n) is 3.38. The average molecular weight is 242 g/mol. The van der Waals surface area contributed by atoms with Crippen molar-refractivity contribution in [1.29, 1.82) is 0 Å². The van der Waals surface area contributed by atoms with Crippen molar-refractivity contribution in [2.24, 2.45) is 5.41 Å². The molecule has 1 unspecified atom stereocenters. The van der Waals surface area contributed by atoms with E-state index in [2.05, 4.69) is 6.92 Å². The van der Waals surface area contributed by atoms with Gasteiger partial charge < -0.3 is 0 Å². The van der Waals surface area contributed by atoms with E-state index < -0.39 is 10.2 Å². The van der Waals surface area contributed by atoms with Gasteiger partial charge in [0.2, 0.25) is 5.12 Å². The highest BCUT2D eigenvalue weighted by atomic mass is 32.2. The summed E-state index contributed by atoms with van der Waals surface area (Å²) < 4.78 is -0.464. The van der Waals surface area contributed by atoms with Crippen LogP contribution in [-0.4, -0.2) is 15.6 Å². The van der Waals surface area contributed by atoms with Crippen molar-refractivity contribution in [2.45, 2.75) is 64.5 Å². The van der Waals surface area contributed by atoms with Gasteiger partial charge >= 0.3 is 0 Å². The summed E-state index contributed by atoms with van der Waals surface area (Å²) in [5, 5.41) is 0.0375. The van der Waals surface area contributed by atoms with Gasteiger partial charge in [-0.1, -0.05) is 44.4 Å². The van der Waals surface area contributed by atoms with Crippen LogP contribution < -0.4 is 0 Å². The van der Waals surface area contributed by atoms with E-state index >= 15 is 0 Å². The molecule has 1 aliphatic heterocycles. The minimum Gasteiger partial charge on any atom is -0.297 e. The fourth-order valence-corrected chi connectivity index (χ4v) is 3.54. The van der Waals surface area contributed by atoms with E-state index in [-0.39, 0.29) is 10.9 Å². The zero-order valence-electron chi connectivity index (χ0n) is 10.8. The molecule has 1 rings (SSSR count). The maximum Gasteiger partial charge on any atom is 0.202 e. The second-order valence-electron chi connectivity index (χ2n) is 5.39. The Morgan fingerprint density at radius 3 is 2.12 bits per heavy atom. The maximum atomic E-state index is 12.2. The predicted octanol–water partition coefficient (Wildman–Crippen LogP) is 3.58. The predicted molar refractivity (Wildman–Crippen MR) is 68.6 cm³/mol. The van der Waals surface area contributed by atoms with Crippen LogP contribution in [-0.2, 0) is 9.59 Å². The highest BCUT2D eigenvalue weighted by Crippen LogP contribution is 2.48. The van der Waals surface area contributed by atoms with Crippen molar-refractivity contribution in [2.75, 3.05) is 0 Å². The SMILES string of the molecule is CCCCCCC1(C)SC(=O)C(C)(C)C1=O. The van der Waals surface area contributed by atoms with Gasteiger partial charge in [0.05, 0.1) is 10.2 Å². The fraction of sp³-hybridized carbons (Fsp3) is 0.846. The lowest BCUT2D eigenvalue weighted by Crippen LogP contribution is -2.35. The normalized spacial score (nSPS) is 28.8. The van der Waals surface area contributed by atoms with Crippen molar-refractivity contribution in [1.82, 2.24) is 0 Å². The monoisotopic (exact) mass is 242 g/mol. The van der Waals surface area contributed by atoms with Gasteiger partial charge in [0.25, 0.3) is 0 Å². The number of thioether (sulfide) groups is 1. The Morgan fingerprint density at radius 2 is 1.69 bits per heavy atom. The molecule has 1 aliphatic rings. The summed E-state index contributed by atoms with van der Waals surface area (Å²) in [7, 11) is 0. The number of hydrogen-bond acceptors (Lipinski definition) is 3. The van der Waals surface area contributed by atoms with Gasteiger partial charge in [0.15, 0.2) is 5.78 Å². The summed E-state index contributed by atoms with van der Waals surface area (Å²) >= 11 is 1.25. The molecule has 1 fully saturated rings. The Hall–Kier alpha value is -0.310. The minimum absolute atomic E-state index is 0.0375. The smallest absolute Gasteiger partial charge is 0.202 e. The quantitative estimate of drug-likeness (QED) is 0.546. The van der Waals surface area contributed by atoms with E-state index in [9.17, 15) is 9.59 Å². The van der Waals surface area contributed by atoms with E-state index in [1.807, 2.05) is 6.92 Å². The molecule has 3 heteroatoms. The number of Topliss-reactive ketones (excluding diaryl/α,β-unsaturated/α-hetero) is 1. The molecule has 0 bridgehead atoms. The second-order valence-corrected chi connectivity index (χ2v) is 6.86. The number of carbonyl (C=O) groups excluding carboxylic acids is 2. The first-order valence-electron chi connectivity index (χ1n) is 6.13. The van der Waals surface area contributed by atoms with Crippen molar-refractivity contribution in [3.63, 3.8) is 0 Å². The summed E-state index contributed by atoms with van der Waals surface area (Å²) in [6.45, 7) is 7.60. The van der Waals surface area contributed by atoms with E-state index in [0.29, 0.717) is 0 Å². The molecule has 0 aromatic carbocycles. The van der Waals surface area contributed by atoms with Crippen LogP contribution in [0.15, 0.2) is 0 Å². The Labute approximate surface area is 103 Å². The van der Waals surface area contributed by atoms with Crippen molar-refractivity contribution < 1.29 is 9.59 Å². The van der Waals surface area contributed by atoms with E-state index in [1.54, 1.807) is 13.8 Å². The summed E-state index contributed by atoms with van der Waals surface area (Å²) in [6, 6.07) is 0. The molecule has 2 nitrogen and oxygen atoms in total.